The van der Waals surface area contributed by atoms with Crippen LogP contribution in [-0.2, 0) is 0 Å². The summed E-state index contributed by atoms with van der Waals surface area (Å²) in [4.78, 5) is 4.03. The summed E-state index contributed by atoms with van der Waals surface area (Å²) in [6, 6.07) is 4.28. The Morgan fingerprint density at radius 2 is 1.84 bits per heavy atom. The SMILES string of the molecule is Cc1ccc(C(O)C(F)(F)F)c(-n2ccc(C)n2)n1. The van der Waals surface area contributed by atoms with Crippen LogP contribution in [0.3, 0.4) is 0 Å². The first-order valence-electron chi connectivity index (χ1n) is 5.54. The number of hydrogen-bond acceptors (Lipinski definition) is 3. The Hall–Kier alpha value is -1.89. The highest BCUT2D eigenvalue weighted by Crippen LogP contribution is 2.34. The van der Waals surface area contributed by atoms with Crippen molar-refractivity contribution in [2.45, 2.75) is 26.1 Å². The number of nitrogens with zero attached hydrogens (tertiary/aromatic N) is 3. The Morgan fingerprint density at radius 1 is 1.16 bits per heavy atom. The first-order valence-corrected chi connectivity index (χ1v) is 5.54. The molecule has 0 aliphatic rings. The van der Waals surface area contributed by atoms with Crippen LogP contribution in [0.4, 0.5) is 13.2 Å². The number of aliphatic hydroxyl groups excluding tert-OH is 1. The van der Waals surface area contributed by atoms with E-state index in [1.807, 2.05) is 0 Å². The van der Waals surface area contributed by atoms with Gasteiger partial charge in [-0.05, 0) is 26.0 Å². The van der Waals surface area contributed by atoms with Gasteiger partial charge in [-0.15, -0.1) is 0 Å². The molecule has 2 aromatic heterocycles. The number of aliphatic hydroxyl groups is 1. The zero-order chi connectivity index (χ0) is 14.2. The van der Waals surface area contributed by atoms with Crippen LogP contribution in [0, 0.1) is 13.8 Å². The zero-order valence-electron chi connectivity index (χ0n) is 10.3. The fourth-order valence-electron chi connectivity index (χ4n) is 1.66. The Labute approximate surface area is 107 Å². The normalized spacial score (nSPS) is 13.6. The molecule has 102 valence electrons. The Bertz CT molecular complexity index is 592. The highest BCUT2D eigenvalue weighted by molar-refractivity contribution is 5.37. The van der Waals surface area contributed by atoms with Crippen LogP contribution in [0.15, 0.2) is 24.4 Å². The Balaban J connectivity index is 2.56. The van der Waals surface area contributed by atoms with Gasteiger partial charge >= 0.3 is 6.18 Å². The summed E-state index contributed by atoms with van der Waals surface area (Å²) in [5, 5.41) is 13.4. The van der Waals surface area contributed by atoms with E-state index in [9.17, 15) is 18.3 Å². The van der Waals surface area contributed by atoms with Gasteiger partial charge in [0, 0.05) is 17.5 Å². The largest absolute Gasteiger partial charge is 0.418 e. The topological polar surface area (TPSA) is 50.9 Å². The molecule has 19 heavy (non-hydrogen) atoms. The Kier molecular flexibility index (Phi) is 3.32. The molecular formula is C12H12F3N3O. The summed E-state index contributed by atoms with van der Waals surface area (Å²) in [5.41, 5.74) is 0.873. The molecule has 0 aliphatic heterocycles. The van der Waals surface area contributed by atoms with E-state index in [4.69, 9.17) is 0 Å². The maximum atomic E-state index is 12.6. The lowest BCUT2D eigenvalue weighted by molar-refractivity contribution is -0.206. The molecule has 7 heteroatoms. The van der Waals surface area contributed by atoms with Crippen molar-refractivity contribution in [1.29, 1.82) is 0 Å². The second kappa shape index (κ2) is 4.65. The van der Waals surface area contributed by atoms with Crippen molar-refractivity contribution in [3.8, 4) is 5.82 Å². The predicted octanol–water partition coefficient (Wildman–Crippen LogP) is 2.48. The van der Waals surface area contributed by atoms with E-state index in [0.29, 0.717) is 11.4 Å². The molecule has 2 rings (SSSR count). The number of alkyl halides is 3. The standard InChI is InChI=1S/C12H12F3N3O/c1-7-3-4-9(10(19)12(13,14)15)11(16-7)18-6-5-8(2)17-18/h3-6,10,19H,1-2H3. The molecule has 1 atom stereocenters. The smallest absolute Gasteiger partial charge is 0.379 e. The summed E-state index contributed by atoms with van der Waals surface area (Å²) in [7, 11) is 0. The molecule has 0 aromatic carbocycles. The van der Waals surface area contributed by atoms with Crippen molar-refractivity contribution in [2.24, 2.45) is 0 Å². The van der Waals surface area contributed by atoms with Crippen molar-refractivity contribution in [1.82, 2.24) is 14.8 Å². The minimum atomic E-state index is -4.74. The van der Waals surface area contributed by atoms with Crippen LogP contribution in [0.2, 0.25) is 0 Å². The van der Waals surface area contributed by atoms with Crippen molar-refractivity contribution < 1.29 is 18.3 Å². The van der Waals surface area contributed by atoms with Crippen LogP contribution in [0.5, 0.6) is 0 Å². The van der Waals surface area contributed by atoms with E-state index >= 15 is 0 Å². The molecule has 0 saturated heterocycles. The first kappa shape index (κ1) is 13.5. The third-order valence-corrected chi connectivity index (χ3v) is 2.59. The molecule has 2 aromatic rings. The van der Waals surface area contributed by atoms with Gasteiger partial charge in [0.15, 0.2) is 11.9 Å². The molecule has 1 N–H and O–H groups in total. The summed E-state index contributed by atoms with van der Waals surface area (Å²) < 4.78 is 39.1. The van der Waals surface area contributed by atoms with Crippen molar-refractivity contribution in [2.75, 3.05) is 0 Å². The number of pyridine rings is 1. The van der Waals surface area contributed by atoms with Crippen molar-refractivity contribution >= 4 is 0 Å². The maximum absolute atomic E-state index is 12.6. The number of rotatable bonds is 2. The summed E-state index contributed by atoms with van der Waals surface area (Å²) in [5.74, 6) is -0.0158. The molecule has 0 amide bonds. The average molecular weight is 271 g/mol. The molecular weight excluding hydrogens is 259 g/mol. The van der Waals surface area contributed by atoms with Crippen LogP contribution >= 0.6 is 0 Å². The fourth-order valence-corrected chi connectivity index (χ4v) is 1.66. The Morgan fingerprint density at radius 3 is 2.37 bits per heavy atom. The minimum Gasteiger partial charge on any atom is -0.379 e. The van der Waals surface area contributed by atoms with Gasteiger partial charge in [-0.1, -0.05) is 6.07 Å². The summed E-state index contributed by atoms with van der Waals surface area (Å²) >= 11 is 0. The summed E-state index contributed by atoms with van der Waals surface area (Å²) in [6.45, 7) is 3.37. The third kappa shape index (κ3) is 2.76. The zero-order valence-corrected chi connectivity index (χ0v) is 10.3. The molecule has 1 unspecified atom stereocenters. The number of aryl methyl sites for hydroxylation is 2. The van der Waals surface area contributed by atoms with E-state index in [-0.39, 0.29) is 11.4 Å². The van der Waals surface area contributed by atoms with E-state index in [1.165, 1.54) is 23.0 Å². The van der Waals surface area contributed by atoms with E-state index in [0.717, 1.165) is 0 Å². The molecule has 0 aliphatic carbocycles. The van der Waals surface area contributed by atoms with Gasteiger partial charge in [-0.25, -0.2) is 9.67 Å². The van der Waals surface area contributed by atoms with Gasteiger partial charge in [0.2, 0.25) is 0 Å². The molecule has 0 spiro atoms. The van der Waals surface area contributed by atoms with Gasteiger partial charge in [-0.3, -0.25) is 0 Å². The number of hydrogen-bond donors (Lipinski definition) is 1. The molecule has 0 radical (unpaired) electrons. The lowest BCUT2D eigenvalue weighted by Crippen LogP contribution is -2.22. The fraction of sp³-hybridized carbons (Fsp3) is 0.333. The van der Waals surface area contributed by atoms with E-state index < -0.39 is 12.3 Å². The maximum Gasteiger partial charge on any atom is 0.418 e. The van der Waals surface area contributed by atoms with Crippen LogP contribution in [0.25, 0.3) is 5.82 Å². The molecule has 0 fully saturated rings. The van der Waals surface area contributed by atoms with Crippen LogP contribution in [-0.4, -0.2) is 26.0 Å². The summed E-state index contributed by atoms with van der Waals surface area (Å²) in [6.07, 6.45) is -5.82. The van der Waals surface area contributed by atoms with Gasteiger partial charge < -0.3 is 5.11 Å². The van der Waals surface area contributed by atoms with Crippen molar-refractivity contribution in [3.63, 3.8) is 0 Å². The number of halogens is 3. The minimum absolute atomic E-state index is 0.0158. The highest BCUT2D eigenvalue weighted by atomic mass is 19.4. The van der Waals surface area contributed by atoms with E-state index in [1.54, 1.807) is 19.9 Å². The first-order chi connectivity index (χ1) is 8.79. The lowest BCUT2D eigenvalue weighted by atomic mass is 10.1. The van der Waals surface area contributed by atoms with Crippen molar-refractivity contribution in [3.05, 3.63) is 41.3 Å². The molecule has 0 bridgehead atoms. The average Bonchev–Trinajstić information content (AvgIpc) is 2.73. The predicted molar refractivity (Wildman–Crippen MR) is 61.8 cm³/mol. The van der Waals surface area contributed by atoms with Gasteiger partial charge in [-0.2, -0.15) is 18.3 Å². The van der Waals surface area contributed by atoms with Crippen LogP contribution in [0.1, 0.15) is 23.1 Å². The molecule has 4 nitrogen and oxygen atoms in total. The van der Waals surface area contributed by atoms with Gasteiger partial charge in [0.1, 0.15) is 0 Å². The second-order valence-electron chi connectivity index (χ2n) is 4.21. The lowest BCUT2D eigenvalue weighted by Gasteiger charge is -2.17. The monoisotopic (exact) mass is 271 g/mol. The van der Waals surface area contributed by atoms with Gasteiger partial charge in [0.05, 0.1) is 5.69 Å². The molecule has 0 saturated carbocycles. The number of aromatic nitrogens is 3. The van der Waals surface area contributed by atoms with E-state index in [2.05, 4.69) is 10.1 Å². The quantitative estimate of drug-likeness (QED) is 0.913. The molecule has 2 heterocycles. The van der Waals surface area contributed by atoms with Gasteiger partial charge in [0.25, 0.3) is 0 Å². The highest BCUT2D eigenvalue weighted by Gasteiger charge is 2.41. The second-order valence-corrected chi connectivity index (χ2v) is 4.21. The van der Waals surface area contributed by atoms with Crippen LogP contribution < -0.4 is 0 Å². The third-order valence-electron chi connectivity index (χ3n) is 2.59.